The molecule has 0 unspecified atom stereocenters. The second-order valence-electron chi connectivity index (χ2n) is 5.91. The van der Waals surface area contributed by atoms with Gasteiger partial charge in [0.1, 0.15) is 0 Å². The molecule has 5 nitrogen and oxygen atoms in total. The lowest BCUT2D eigenvalue weighted by molar-refractivity contribution is 0.0935. The van der Waals surface area contributed by atoms with Crippen LogP contribution in [0.3, 0.4) is 0 Å². The van der Waals surface area contributed by atoms with Gasteiger partial charge in [-0.2, -0.15) is 0 Å². The topological polar surface area (TPSA) is 38.8 Å². The van der Waals surface area contributed by atoms with E-state index in [1.807, 2.05) is 4.90 Å². The zero-order valence-corrected chi connectivity index (χ0v) is 12.7. The number of likely N-dealkylation sites (tertiary alicyclic amines) is 1. The van der Waals surface area contributed by atoms with Crippen molar-refractivity contribution in [3.63, 3.8) is 0 Å². The van der Waals surface area contributed by atoms with Gasteiger partial charge in [-0.1, -0.05) is 12.5 Å². The average Bonchev–Trinajstić information content (AvgIpc) is 2.71. The molecule has 0 aliphatic carbocycles. The Labute approximate surface area is 122 Å². The van der Waals surface area contributed by atoms with E-state index < -0.39 is 0 Å². The molecule has 0 aromatic carbocycles. The van der Waals surface area contributed by atoms with Gasteiger partial charge in [0.25, 0.3) is 0 Å². The molecule has 0 radical (unpaired) electrons. The molecular formula is C15H28N4O. The van der Waals surface area contributed by atoms with Crippen LogP contribution >= 0.6 is 0 Å². The Kier molecular flexibility index (Phi) is 5.86. The number of likely N-dealkylation sites (N-methyl/N-ethyl adjacent to an activating group) is 1. The van der Waals surface area contributed by atoms with Crippen LogP contribution in [-0.2, 0) is 0 Å². The molecule has 1 N–H and O–H groups in total. The van der Waals surface area contributed by atoms with Crippen molar-refractivity contribution in [2.75, 3.05) is 52.9 Å². The maximum Gasteiger partial charge on any atom is 0.317 e. The van der Waals surface area contributed by atoms with E-state index >= 15 is 0 Å². The van der Waals surface area contributed by atoms with E-state index in [1.54, 1.807) is 6.08 Å². The molecule has 2 rings (SSSR count). The summed E-state index contributed by atoms with van der Waals surface area (Å²) >= 11 is 0. The Morgan fingerprint density at radius 1 is 1.25 bits per heavy atom. The number of piperazine rings is 1. The number of amides is 2. The smallest absolute Gasteiger partial charge is 0.317 e. The Morgan fingerprint density at radius 2 is 2.00 bits per heavy atom. The fourth-order valence-corrected chi connectivity index (χ4v) is 3.06. The summed E-state index contributed by atoms with van der Waals surface area (Å²) in [5.74, 6) is 0. The highest BCUT2D eigenvalue weighted by Gasteiger charge is 2.27. The average molecular weight is 280 g/mol. The van der Waals surface area contributed by atoms with E-state index in [-0.39, 0.29) is 6.03 Å². The summed E-state index contributed by atoms with van der Waals surface area (Å²) in [4.78, 5) is 19.1. The lowest BCUT2D eigenvalue weighted by Crippen LogP contribution is -2.53. The lowest BCUT2D eigenvalue weighted by Gasteiger charge is -2.39. The largest absolute Gasteiger partial charge is 0.335 e. The van der Waals surface area contributed by atoms with E-state index in [9.17, 15) is 4.79 Å². The molecule has 2 saturated heterocycles. The maximum atomic E-state index is 12.1. The Balaban J connectivity index is 1.89. The Bertz CT molecular complexity index is 326. The molecule has 0 spiro atoms. The van der Waals surface area contributed by atoms with Crippen molar-refractivity contribution < 1.29 is 4.79 Å². The number of hydrogen-bond acceptors (Lipinski definition) is 3. The number of nitrogens with one attached hydrogen (secondary N) is 1. The van der Waals surface area contributed by atoms with Gasteiger partial charge in [-0.3, -0.25) is 4.90 Å². The molecule has 0 aromatic heterocycles. The summed E-state index contributed by atoms with van der Waals surface area (Å²) in [6, 6.07) is 0.589. The zero-order valence-electron chi connectivity index (χ0n) is 12.7. The van der Waals surface area contributed by atoms with E-state index in [0.29, 0.717) is 12.6 Å². The molecule has 0 aromatic rings. The Hall–Kier alpha value is -1.07. The molecule has 2 aliphatic rings. The number of nitrogens with zero attached hydrogens (tertiary/aromatic N) is 3. The second-order valence-corrected chi connectivity index (χ2v) is 5.91. The van der Waals surface area contributed by atoms with E-state index in [4.69, 9.17) is 0 Å². The minimum absolute atomic E-state index is 0.0610. The molecule has 2 aliphatic heterocycles. The SMILES string of the molecule is C=CCNC(=O)N1CCCC[C@H](N2CCN(C)CC2)C1. The van der Waals surface area contributed by atoms with Gasteiger partial charge in [0.05, 0.1) is 0 Å². The van der Waals surface area contributed by atoms with Gasteiger partial charge in [0.15, 0.2) is 0 Å². The summed E-state index contributed by atoms with van der Waals surface area (Å²) in [6.45, 7) is 10.5. The molecular weight excluding hydrogens is 252 g/mol. The first-order valence-electron chi connectivity index (χ1n) is 7.77. The molecule has 2 fully saturated rings. The minimum Gasteiger partial charge on any atom is -0.335 e. The third kappa shape index (κ3) is 4.21. The lowest BCUT2D eigenvalue weighted by atomic mass is 10.1. The van der Waals surface area contributed by atoms with Crippen LogP contribution in [0.1, 0.15) is 19.3 Å². The summed E-state index contributed by atoms with van der Waals surface area (Å²) in [5.41, 5.74) is 0. The molecule has 114 valence electrons. The van der Waals surface area contributed by atoms with Crippen molar-refractivity contribution in [2.24, 2.45) is 0 Å². The highest BCUT2D eigenvalue weighted by Crippen LogP contribution is 2.17. The van der Waals surface area contributed by atoms with Gasteiger partial charge in [-0.15, -0.1) is 6.58 Å². The highest BCUT2D eigenvalue weighted by atomic mass is 16.2. The summed E-state index contributed by atoms with van der Waals surface area (Å²) < 4.78 is 0. The van der Waals surface area contributed by atoms with Crippen molar-refractivity contribution in [1.29, 1.82) is 0 Å². The number of hydrogen-bond donors (Lipinski definition) is 1. The summed E-state index contributed by atoms with van der Waals surface area (Å²) in [5, 5.41) is 2.90. The monoisotopic (exact) mass is 280 g/mol. The first kappa shape index (κ1) is 15.3. The van der Waals surface area contributed by atoms with Crippen molar-refractivity contribution in [3.05, 3.63) is 12.7 Å². The quantitative estimate of drug-likeness (QED) is 0.784. The summed E-state index contributed by atoms with van der Waals surface area (Å²) in [6.07, 6.45) is 5.29. The first-order valence-corrected chi connectivity index (χ1v) is 7.77. The second kappa shape index (κ2) is 7.64. The fraction of sp³-hybridized carbons (Fsp3) is 0.800. The normalized spacial score (nSPS) is 26.1. The predicted molar refractivity (Wildman–Crippen MR) is 81.9 cm³/mol. The van der Waals surface area contributed by atoms with E-state index in [2.05, 4.69) is 28.7 Å². The van der Waals surface area contributed by atoms with Crippen LogP contribution in [0.25, 0.3) is 0 Å². The van der Waals surface area contributed by atoms with Gasteiger partial charge >= 0.3 is 6.03 Å². The molecule has 2 heterocycles. The fourth-order valence-electron chi connectivity index (χ4n) is 3.06. The minimum atomic E-state index is 0.0610. The number of rotatable bonds is 3. The molecule has 20 heavy (non-hydrogen) atoms. The van der Waals surface area contributed by atoms with Crippen LogP contribution < -0.4 is 5.32 Å². The van der Waals surface area contributed by atoms with Crippen LogP contribution in [0.15, 0.2) is 12.7 Å². The molecule has 2 amide bonds. The van der Waals surface area contributed by atoms with Crippen molar-refractivity contribution >= 4 is 6.03 Å². The number of carbonyl (C=O) groups is 1. The van der Waals surface area contributed by atoms with Gasteiger partial charge in [-0.25, -0.2) is 4.79 Å². The van der Waals surface area contributed by atoms with Crippen molar-refractivity contribution in [2.45, 2.75) is 25.3 Å². The van der Waals surface area contributed by atoms with Crippen LogP contribution in [0, 0.1) is 0 Å². The molecule has 1 atom stereocenters. The van der Waals surface area contributed by atoms with Crippen LogP contribution in [0.2, 0.25) is 0 Å². The molecule has 0 bridgehead atoms. The van der Waals surface area contributed by atoms with Crippen LogP contribution in [0.5, 0.6) is 0 Å². The maximum absolute atomic E-state index is 12.1. The van der Waals surface area contributed by atoms with Crippen molar-refractivity contribution in [3.8, 4) is 0 Å². The standard InChI is InChI=1S/C15H28N4O/c1-3-7-16-15(20)19-8-5-4-6-14(13-19)18-11-9-17(2)10-12-18/h3,14H,1,4-13H2,2H3,(H,16,20)/t14-/m0/s1. The zero-order chi connectivity index (χ0) is 14.4. The number of urea groups is 1. The van der Waals surface area contributed by atoms with Gasteiger partial charge < -0.3 is 15.1 Å². The first-order chi connectivity index (χ1) is 9.70. The number of carbonyl (C=O) groups excluding carboxylic acids is 1. The van der Waals surface area contributed by atoms with Gasteiger partial charge in [0.2, 0.25) is 0 Å². The van der Waals surface area contributed by atoms with E-state index in [1.165, 1.54) is 12.8 Å². The highest BCUT2D eigenvalue weighted by molar-refractivity contribution is 5.74. The van der Waals surface area contributed by atoms with Gasteiger partial charge in [0, 0.05) is 51.9 Å². The van der Waals surface area contributed by atoms with Crippen LogP contribution in [0.4, 0.5) is 4.79 Å². The van der Waals surface area contributed by atoms with Crippen LogP contribution in [-0.4, -0.2) is 79.6 Å². The van der Waals surface area contributed by atoms with Gasteiger partial charge in [-0.05, 0) is 19.9 Å². The summed E-state index contributed by atoms with van der Waals surface area (Å²) in [7, 11) is 2.18. The predicted octanol–water partition coefficient (Wildman–Crippen LogP) is 0.984. The third-order valence-corrected chi connectivity index (χ3v) is 4.39. The van der Waals surface area contributed by atoms with Crippen molar-refractivity contribution in [1.82, 2.24) is 20.0 Å². The third-order valence-electron chi connectivity index (χ3n) is 4.39. The molecule has 0 saturated carbocycles. The molecule has 5 heteroatoms. The van der Waals surface area contributed by atoms with E-state index in [0.717, 1.165) is 45.7 Å². The Morgan fingerprint density at radius 3 is 2.70 bits per heavy atom.